The second-order valence-corrected chi connectivity index (χ2v) is 9.52. The Morgan fingerprint density at radius 2 is 1.89 bits per heavy atom. The summed E-state index contributed by atoms with van der Waals surface area (Å²) in [5, 5.41) is 2.63. The Kier molecular flexibility index (Phi) is 6.64. The van der Waals surface area contributed by atoms with E-state index in [2.05, 4.69) is 10.3 Å². The van der Waals surface area contributed by atoms with Crippen LogP contribution in [0.3, 0.4) is 0 Å². The van der Waals surface area contributed by atoms with Crippen molar-refractivity contribution in [3.63, 3.8) is 0 Å². The Bertz CT molecular complexity index is 1140. The van der Waals surface area contributed by atoms with Gasteiger partial charge in [-0.1, -0.05) is 12.1 Å². The number of nitrogen functional groups attached to an aromatic ring is 1. The van der Waals surface area contributed by atoms with Crippen molar-refractivity contribution in [1.82, 2.24) is 14.8 Å². The van der Waals surface area contributed by atoms with E-state index in [1.54, 1.807) is 39.0 Å². The number of amides is 3. The molecule has 9 nitrogen and oxygen atoms in total. The third kappa shape index (κ3) is 5.21. The van der Waals surface area contributed by atoms with Crippen LogP contribution in [-0.2, 0) is 19.9 Å². The number of rotatable bonds is 4. The van der Waals surface area contributed by atoms with Gasteiger partial charge in [-0.15, -0.1) is 0 Å². The smallest absolute Gasteiger partial charge is 0.410 e. The highest BCUT2D eigenvalue weighted by Crippen LogP contribution is 2.43. The SMILES string of the molecule is CC(C)OC(=O)N1CCN(C(=O)C(=O)Nc2cnc(N)c(C3CC3)c2)[C@](C)(c2ccc(F)cc2)C1. The normalized spacial score (nSPS) is 20.0. The summed E-state index contributed by atoms with van der Waals surface area (Å²) in [4.78, 5) is 46.0. The number of anilines is 2. The van der Waals surface area contributed by atoms with Crippen LogP contribution >= 0.6 is 0 Å². The Labute approximate surface area is 203 Å². The van der Waals surface area contributed by atoms with Gasteiger partial charge in [0.1, 0.15) is 11.6 Å². The quantitative estimate of drug-likeness (QED) is 0.645. The first-order chi connectivity index (χ1) is 16.6. The van der Waals surface area contributed by atoms with Crippen LogP contribution < -0.4 is 11.1 Å². The molecule has 1 atom stereocenters. The van der Waals surface area contributed by atoms with Gasteiger partial charge < -0.3 is 25.6 Å². The molecule has 2 aliphatic rings. The van der Waals surface area contributed by atoms with Crippen molar-refractivity contribution in [2.75, 3.05) is 30.7 Å². The molecule has 1 saturated heterocycles. The molecule has 0 bridgehead atoms. The van der Waals surface area contributed by atoms with Gasteiger partial charge in [-0.3, -0.25) is 9.59 Å². The molecule has 3 N–H and O–H groups in total. The van der Waals surface area contributed by atoms with Crippen molar-refractivity contribution in [1.29, 1.82) is 0 Å². The number of benzene rings is 1. The Morgan fingerprint density at radius 3 is 2.51 bits per heavy atom. The number of hydrogen-bond donors (Lipinski definition) is 2. The van der Waals surface area contributed by atoms with Crippen LogP contribution in [0.25, 0.3) is 0 Å². The second-order valence-electron chi connectivity index (χ2n) is 9.52. The Balaban J connectivity index is 1.58. The molecular weight excluding hydrogens is 453 g/mol. The zero-order valence-corrected chi connectivity index (χ0v) is 20.1. The zero-order valence-electron chi connectivity index (χ0n) is 20.1. The lowest BCUT2D eigenvalue weighted by Gasteiger charge is -2.48. The number of carbonyl (C=O) groups excluding carboxylic acids is 3. The molecule has 4 rings (SSSR count). The summed E-state index contributed by atoms with van der Waals surface area (Å²) < 4.78 is 19.0. The third-order valence-electron chi connectivity index (χ3n) is 6.41. The monoisotopic (exact) mass is 483 g/mol. The summed E-state index contributed by atoms with van der Waals surface area (Å²) in [5.41, 5.74) is 6.70. The molecule has 2 heterocycles. The van der Waals surface area contributed by atoms with E-state index >= 15 is 0 Å². The number of aromatic nitrogens is 1. The average molecular weight is 484 g/mol. The standard InChI is InChI=1S/C25H30FN5O4/c1-15(2)35-24(34)30-10-11-31(25(3,14-30)17-6-8-18(26)9-7-17)23(33)22(32)29-19-12-20(16-4-5-16)21(27)28-13-19/h6-9,12-13,15-16H,4-5,10-11,14H2,1-3H3,(H2,27,28)(H,29,32)/t25-/m0/s1. The lowest BCUT2D eigenvalue weighted by Crippen LogP contribution is -2.63. The van der Waals surface area contributed by atoms with Gasteiger partial charge in [-0.05, 0) is 68.9 Å². The molecule has 3 amide bonds. The van der Waals surface area contributed by atoms with Crippen LogP contribution in [0.15, 0.2) is 36.5 Å². The van der Waals surface area contributed by atoms with E-state index in [9.17, 15) is 18.8 Å². The van der Waals surface area contributed by atoms with E-state index in [4.69, 9.17) is 10.5 Å². The largest absolute Gasteiger partial charge is 0.447 e. The molecule has 1 aromatic carbocycles. The van der Waals surface area contributed by atoms with Crippen LogP contribution in [0.5, 0.6) is 0 Å². The molecule has 0 radical (unpaired) electrons. The lowest BCUT2D eigenvalue weighted by atomic mass is 9.87. The molecule has 1 aliphatic carbocycles. The van der Waals surface area contributed by atoms with Gasteiger partial charge in [0.2, 0.25) is 0 Å². The third-order valence-corrected chi connectivity index (χ3v) is 6.41. The maximum atomic E-state index is 13.6. The summed E-state index contributed by atoms with van der Waals surface area (Å²) in [6, 6.07) is 7.43. The minimum atomic E-state index is -1.09. The van der Waals surface area contributed by atoms with E-state index in [1.807, 2.05) is 0 Å². The maximum absolute atomic E-state index is 13.6. The minimum absolute atomic E-state index is 0.0818. The predicted molar refractivity (Wildman–Crippen MR) is 128 cm³/mol. The van der Waals surface area contributed by atoms with Crippen LogP contribution in [0, 0.1) is 5.82 Å². The van der Waals surface area contributed by atoms with Gasteiger partial charge in [-0.25, -0.2) is 14.2 Å². The first kappa shape index (κ1) is 24.4. The molecule has 1 aliphatic heterocycles. The van der Waals surface area contributed by atoms with Crippen LogP contribution in [-0.4, -0.2) is 58.4 Å². The van der Waals surface area contributed by atoms with Gasteiger partial charge in [0.15, 0.2) is 0 Å². The number of piperazine rings is 1. The van der Waals surface area contributed by atoms with Crippen LogP contribution in [0.2, 0.25) is 0 Å². The van der Waals surface area contributed by atoms with E-state index in [-0.39, 0.29) is 25.7 Å². The van der Waals surface area contributed by atoms with Gasteiger partial charge in [0, 0.05) is 13.1 Å². The molecule has 10 heteroatoms. The Morgan fingerprint density at radius 1 is 1.20 bits per heavy atom. The number of halogens is 1. The number of nitrogens with two attached hydrogens (primary N) is 1. The predicted octanol–water partition coefficient (Wildman–Crippen LogP) is 3.22. The van der Waals surface area contributed by atoms with Gasteiger partial charge in [0.25, 0.3) is 0 Å². The highest BCUT2D eigenvalue weighted by atomic mass is 19.1. The van der Waals surface area contributed by atoms with E-state index in [0.29, 0.717) is 23.0 Å². The van der Waals surface area contributed by atoms with Crippen molar-refractivity contribution >= 4 is 29.4 Å². The van der Waals surface area contributed by atoms with Crippen molar-refractivity contribution in [3.05, 3.63) is 53.5 Å². The Hall–Kier alpha value is -3.69. The molecular formula is C25H30FN5O4. The molecule has 2 fully saturated rings. The van der Waals surface area contributed by atoms with E-state index < -0.39 is 29.3 Å². The molecule has 0 spiro atoms. The van der Waals surface area contributed by atoms with Crippen LogP contribution in [0.1, 0.15) is 50.7 Å². The fourth-order valence-corrected chi connectivity index (χ4v) is 4.41. The number of carbonyl (C=O) groups is 3. The topological polar surface area (TPSA) is 118 Å². The molecule has 186 valence electrons. The van der Waals surface area contributed by atoms with Gasteiger partial charge in [-0.2, -0.15) is 0 Å². The highest BCUT2D eigenvalue weighted by Gasteiger charge is 2.45. The van der Waals surface area contributed by atoms with Crippen molar-refractivity contribution in [3.8, 4) is 0 Å². The van der Waals surface area contributed by atoms with Gasteiger partial charge >= 0.3 is 17.9 Å². The van der Waals surface area contributed by atoms with Crippen molar-refractivity contribution < 1.29 is 23.5 Å². The molecule has 2 aromatic rings. The fourth-order valence-electron chi connectivity index (χ4n) is 4.41. The highest BCUT2D eigenvalue weighted by molar-refractivity contribution is 6.39. The summed E-state index contributed by atoms with van der Waals surface area (Å²) in [7, 11) is 0. The summed E-state index contributed by atoms with van der Waals surface area (Å²) in [5.74, 6) is -1.27. The average Bonchev–Trinajstić information content (AvgIpc) is 3.65. The molecule has 35 heavy (non-hydrogen) atoms. The lowest BCUT2D eigenvalue weighted by molar-refractivity contribution is -0.150. The summed E-state index contributed by atoms with van der Waals surface area (Å²) >= 11 is 0. The van der Waals surface area contributed by atoms with E-state index in [0.717, 1.165) is 18.4 Å². The van der Waals surface area contributed by atoms with Crippen molar-refractivity contribution in [2.45, 2.75) is 51.2 Å². The number of hydrogen-bond acceptors (Lipinski definition) is 6. The number of nitrogens with zero attached hydrogens (tertiary/aromatic N) is 3. The first-order valence-electron chi connectivity index (χ1n) is 11.7. The second kappa shape index (κ2) is 9.52. The van der Waals surface area contributed by atoms with E-state index in [1.165, 1.54) is 28.1 Å². The number of pyridine rings is 1. The zero-order chi connectivity index (χ0) is 25.3. The summed E-state index contributed by atoms with van der Waals surface area (Å²) in [6.45, 7) is 5.62. The molecule has 1 saturated carbocycles. The number of nitrogens with one attached hydrogen (secondary N) is 1. The number of ether oxygens (including phenoxy) is 1. The summed E-state index contributed by atoms with van der Waals surface area (Å²) in [6.07, 6.45) is 2.64. The van der Waals surface area contributed by atoms with Crippen LogP contribution in [0.4, 0.5) is 20.7 Å². The minimum Gasteiger partial charge on any atom is -0.447 e. The van der Waals surface area contributed by atoms with Gasteiger partial charge in [0.05, 0.1) is 30.1 Å². The molecule has 0 unspecified atom stereocenters. The maximum Gasteiger partial charge on any atom is 0.410 e. The first-order valence-corrected chi connectivity index (χ1v) is 11.7. The van der Waals surface area contributed by atoms with Crippen molar-refractivity contribution in [2.24, 2.45) is 0 Å². The fraction of sp³-hybridized carbons (Fsp3) is 0.440. The molecule has 1 aromatic heterocycles.